The number of hydrogen-bond acceptors (Lipinski definition) is 4. The van der Waals surface area contributed by atoms with Gasteiger partial charge in [-0.05, 0) is 12.0 Å². The largest absolute Gasteiger partial charge is 0.382 e. The van der Waals surface area contributed by atoms with Gasteiger partial charge in [0.1, 0.15) is 0 Å². The first kappa shape index (κ1) is 16.1. The van der Waals surface area contributed by atoms with E-state index in [0.29, 0.717) is 39.6 Å². The predicted molar refractivity (Wildman–Crippen MR) is 74.5 cm³/mol. The highest BCUT2D eigenvalue weighted by molar-refractivity contribution is 5.14. The summed E-state index contributed by atoms with van der Waals surface area (Å²) in [6.45, 7) is 4.43. The summed E-state index contributed by atoms with van der Waals surface area (Å²) >= 11 is 0. The van der Waals surface area contributed by atoms with Gasteiger partial charge in [0.05, 0.1) is 46.2 Å². The molecule has 1 aromatic rings. The fourth-order valence-corrected chi connectivity index (χ4v) is 1.52. The molecule has 19 heavy (non-hydrogen) atoms. The predicted octanol–water partition coefficient (Wildman–Crippen LogP) is 1.93. The minimum atomic E-state index is 0.603. The van der Waals surface area contributed by atoms with Crippen LogP contribution >= 0.6 is 0 Å². The van der Waals surface area contributed by atoms with Crippen LogP contribution in [0.2, 0.25) is 0 Å². The fraction of sp³-hybridized carbons (Fsp3) is 0.600. The van der Waals surface area contributed by atoms with E-state index in [9.17, 15) is 0 Å². The first-order chi connectivity index (χ1) is 9.43. The van der Waals surface area contributed by atoms with Crippen molar-refractivity contribution in [2.24, 2.45) is 0 Å². The monoisotopic (exact) mass is 268 g/mol. The van der Waals surface area contributed by atoms with Crippen molar-refractivity contribution in [3.63, 3.8) is 0 Å². The van der Waals surface area contributed by atoms with Crippen LogP contribution in [0.3, 0.4) is 0 Å². The first-order valence-electron chi connectivity index (χ1n) is 6.69. The fourth-order valence-electron chi connectivity index (χ4n) is 1.52. The molecule has 0 aliphatic rings. The maximum absolute atomic E-state index is 5.50. The van der Waals surface area contributed by atoms with Crippen LogP contribution < -0.4 is 0 Å². The molecule has 0 saturated carbocycles. The second-order valence-corrected chi connectivity index (χ2v) is 4.07. The zero-order valence-corrected chi connectivity index (χ0v) is 11.7. The number of ether oxygens (including phenoxy) is 4. The summed E-state index contributed by atoms with van der Waals surface area (Å²) in [5.74, 6) is 0. The molecule has 0 N–H and O–H groups in total. The van der Waals surface area contributed by atoms with Gasteiger partial charge in [0.2, 0.25) is 0 Å². The van der Waals surface area contributed by atoms with Crippen LogP contribution in [0.1, 0.15) is 5.56 Å². The molecule has 0 unspecified atom stereocenters. The Morgan fingerprint density at radius 1 is 0.684 bits per heavy atom. The van der Waals surface area contributed by atoms with Gasteiger partial charge < -0.3 is 18.9 Å². The molecule has 0 radical (unpaired) electrons. The number of methoxy groups -OCH3 is 1. The van der Waals surface area contributed by atoms with E-state index in [1.165, 1.54) is 5.56 Å². The van der Waals surface area contributed by atoms with Crippen LogP contribution in [0, 0.1) is 0 Å². The summed E-state index contributed by atoms with van der Waals surface area (Å²) in [7, 11) is 1.66. The lowest BCUT2D eigenvalue weighted by Crippen LogP contribution is -2.12. The lowest BCUT2D eigenvalue weighted by Gasteiger charge is -2.06. The molecule has 0 fully saturated rings. The van der Waals surface area contributed by atoms with Crippen molar-refractivity contribution in [3.8, 4) is 0 Å². The quantitative estimate of drug-likeness (QED) is 0.543. The minimum absolute atomic E-state index is 0.603. The van der Waals surface area contributed by atoms with Crippen LogP contribution in [0.5, 0.6) is 0 Å². The van der Waals surface area contributed by atoms with E-state index in [1.807, 2.05) is 18.2 Å². The third-order valence-corrected chi connectivity index (χ3v) is 2.55. The van der Waals surface area contributed by atoms with Crippen LogP contribution in [-0.2, 0) is 25.4 Å². The Hall–Kier alpha value is -0.940. The Labute approximate surface area is 115 Å². The molecule has 4 nitrogen and oxygen atoms in total. The Morgan fingerprint density at radius 3 is 1.79 bits per heavy atom. The van der Waals surface area contributed by atoms with E-state index in [4.69, 9.17) is 18.9 Å². The maximum Gasteiger partial charge on any atom is 0.0701 e. The van der Waals surface area contributed by atoms with Crippen LogP contribution in [0.25, 0.3) is 0 Å². The molecule has 0 spiro atoms. The zero-order chi connectivity index (χ0) is 13.6. The topological polar surface area (TPSA) is 36.9 Å². The molecule has 0 saturated heterocycles. The van der Waals surface area contributed by atoms with Crippen LogP contribution in [0.4, 0.5) is 0 Å². The van der Waals surface area contributed by atoms with Gasteiger partial charge in [-0.2, -0.15) is 0 Å². The number of benzene rings is 1. The van der Waals surface area contributed by atoms with Gasteiger partial charge in [-0.1, -0.05) is 30.3 Å². The maximum atomic E-state index is 5.50. The van der Waals surface area contributed by atoms with E-state index in [2.05, 4.69) is 12.1 Å². The minimum Gasteiger partial charge on any atom is -0.382 e. The van der Waals surface area contributed by atoms with E-state index < -0.39 is 0 Å². The zero-order valence-electron chi connectivity index (χ0n) is 11.7. The van der Waals surface area contributed by atoms with E-state index >= 15 is 0 Å². The Kier molecular flexibility index (Phi) is 10.3. The van der Waals surface area contributed by atoms with Crippen molar-refractivity contribution < 1.29 is 18.9 Å². The molecule has 1 aromatic carbocycles. The average molecular weight is 268 g/mol. The van der Waals surface area contributed by atoms with Crippen molar-refractivity contribution in [1.29, 1.82) is 0 Å². The van der Waals surface area contributed by atoms with Crippen molar-refractivity contribution in [2.45, 2.75) is 6.42 Å². The van der Waals surface area contributed by atoms with Crippen molar-refractivity contribution in [3.05, 3.63) is 35.9 Å². The molecule has 0 aliphatic carbocycles. The number of rotatable bonds is 12. The molecule has 0 heterocycles. The Balaban J connectivity index is 1.79. The summed E-state index contributed by atoms with van der Waals surface area (Å²) in [6, 6.07) is 10.3. The first-order valence-corrected chi connectivity index (χ1v) is 6.69. The van der Waals surface area contributed by atoms with Crippen molar-refractivity contribution in [2.75, 3.05) is 53.4 Å². The molecule has 0 atom stereocenters. The second kappa shape index (κ2) is 12.1. The van der Waals surface area contributed by atoms with Gasteiger partial charge >= 0.3 is 0 Å². The molecular formula is C15H24O4. The van der Waals surface area contributed by atoms with Gasteiger partial charge in [0.25, 0.3) is 0 Å². The van der Waals surface area contributed by atoms with Gasteiger partial charge in [0.15, 0.2) is 0 Å². The molecular weight excluding hydrogens is 244 g/mol. The summed E-state index contributed by atoms with van der Waals surface area (Å²) in [5.41, 5.74) is 1.30. The summed E-state index contributed by atoms with van der Waals surface area (Å²) < 4.78 is 21.0. The third kappa shape index (κ3) is 9.62. The summed E-state index contributed by atoms with van der Waals surface area (Å²) in [5, 5.41) is 0. The highest BCUT2D eigenvalue weighted by Gasteiger charge is 1.93. The van der Waals surface area contributed by atoms with Crippen molar-refractivity contribution in [1.82, 2.24) is 0 Å². The highest BCUT2D eigenvalue weighted by Crippen LogP contribution is 1.99. The van der Waals surface area contributed by atoms with Crippen LogP contribution in [0.15, 0.2) is 30.3 Å². The van der Waals surface area contributed by atoms with E-state index in [-0.39, 0.29) is 0 Å². The SMILES string of the molecule is COCCOCCOCCOCCc1ccccc1. The standard InChI is InChI=1S/C15H24O4/c1-16-9-10-18-13-14-19-12-11-17-8-7-15-5-3-2-4-6-15/h2-6H,7-14H2,1H3. The molecule has 108 valence electrons. The molecule has 0 bridgehead atoms. The summed E-state index contributed by atoms with van der Waals surface area (Å²) in [4.78, 5) is 0. The van der Waals surface area contributed by atoms with Gasteiger partial charge in [-0.25, -0.2) is 0 Å². The molecule has 0 aliphatic heterocycles. The lowest BCUT2D eigenvalue weighted by molar-refractivity contribution is 0.00406. The smallest absolute Gasteiger partial charge is 0.0701 e. The van der Waals surface area contributed by atoms with Crippen molar-refractivity contribution >= 4 is 0 Å². The van der Waals surface area contributed by atoms with Crippen LogP contribution in [-0.4, -0.2) is 53.4 Å². The van der Waals surface area contributed by atoms with Gasteiger partial charge in [-0.15, -0.1) is 0 Å². The molecule has 0 aromatic heterocycles. The average Bonchev–Trinajstić information content (AvgIpc) is 2.46. The third-order valence-electron chi connectivity index (χ3n) is 2.55. The number of hydrogen-bond donors (Lipinski definition) is 0. The van der Waals surface area contributed by atoms with E-state index in [1.54, 1.807) is 7.11 Å². The van der Waals surface area contributed by atoms with Gasteiger partial charge in [-0.3, -0.25) is 0 Å². The van der Waals surface area contributed by atoms with Gasteiger partial charge in [0, 0.05) is 7.11 Å². The molecule has 1 rings (SSSR count). The Morgan fingerprint density at radius 2 is 1.21 bits per heavy atom. The molecule has 0 amide bonds. The van der Waals surface area contributed by atoms with E-state index in [0.717, 1.165) is 13.0 Å². The normalized spacial score (nSPS) is 10.8. The highest BCUT2D eigenvalue weighted by atomic mass is 16.6. The summed E-state index contributed by atoms with van der Waals surface area (Å²) in [6.07, 6.45) is 0.945. The second-order valence-electron chi connectivity index (χ2n) is 4.07. The lowest BCUT2D eigenvalue weighted by atomic mass is 10.2. The Bertz CT molecular complexity index is 289. The molecule has 4 heteroatoms.